The van der Waals surface area contributed by atoms with E-state index in [-0.39, 0.29) is 6.54 Å². The number of carbonyl (C=O) groups excluding carboxylic acids is 1. The van der Waals surface area contributed by atoms with E-state index < -0.39 is 34.7 Å². The largest absolute Gasteiger partial charge is 0.322 e. The van der Waals surface area contributed by atoms with Gasteiger partial charge in [0.25, 0.3) is 0 Å². The molecule has 0 aliphatic heterocycles. The third kappa shape index (κ3) is 7.62. The molecular formula is C45H39F3N6O. The number of aromatic nitrogens is 4. The number of unbranched alkanes of at least 4 members (excludes halogenated alkanes) is 2. The summed E-state index contributed by atoms with van der Waals surface area (Å²) in [6.45, 7) is 2.60. The number of rotatable bonds is 13. The summed E-state index contributed by atoms with van der Waals surface area (Å²) in [7, 11) is 0. The maximum absolute atomic E-state index is 14.4. The molecule has 6 aromatic carbocycles. The van der Waals surface area contributed by atoms with Gasteiger partial charge in [-0.3, -0.25) is 0 Å². The van der Waals surface area contributed by atoms with E-state index in [4.69, 9.17) is 5.21 Å². The Labute approximate surface area is 318 Å². The summed E-state index contributed by atoms with van der Waals surface area (Å²) >= 11 is 0. The molecule has 7 aromatic rings. The minimum Gasteiger partial charge on any atom is -0.320 e. The van der Waals surface area contributed by atoms with Gasteiger partial charge in [-0.1, -0.05) is 159 Å². The Kier molecular flexibility index (Phi) is 11.1. The Morgan fingerprint density at radius 1 is 0.691 bits per heavy atom. The third-order valence-corrected chi connectivity index (χ3v) is 9.73. The fourth-order valence-electron chi connectivity index (χ4n) is 7.08. The maximum Gasteiger partial charge on any atom is 0.322 e. The molecule has 1 heterocycles. The highest BCUT2D eigenvalue weighted by atomic mass is 19.1. The van der Waals surface area contributed by atoms with Crippen LogP contribution in [0.4, 0.5) is 23.7 Å². The van der Waals surface area contributed by atoms with E-state index in [2.05, 4.69) is 52.0 Å². The summed E-state index contributed by atoms with van der Waals surface area (Å²) in [5.41, 5.74) is 4.77. The lowest BCUT2D eigenvalue weighted by molar-refractivity contribution is 0.207. The average molecular weight is 737 g/mol. The number of urea groups is 1. The number of nitrogens with zero attached hydrogens (tertiary/aromatic N) is 5. The van der Waals surface area contributed by atoms with Crippen molar-refractivity contribution >= 4 is 11.7 Å². The third-order valence-electron chi connectivity index (χ3n) is 9.73. The van der Waals surface area contributed by atoms with Crippen LogP contribution in [-0.4, -0.2) is 37.7 Å². The van der Waals surface area contributed by atoms with Gasteiger partial charge in [-0.05, 0) is 50.2 Å². The van der Waals surface area contributed by atoms with Crippen LogP contribution in [0.15, 0.2) is 152 Å². The molecule has 0 saturated carbocycles. The van der Waals surface area contributed by atoms with Crippen molar-refractivity contribution in [2.24, 2.45) is 0 Å². The lowest BCUT2D eigenvalue weighted by atomic mass is 9.77. The number of carbonyl (C=O) groups is 1. The van der Waals surface area contributed by atoms with Crippen molar-refractivity contribution in [3.05, 3.63) is 191 Å². The first-order valence-electron chi connectivity index (χ1n) is 18.2. The van der Waals surface area contributed by atoms with Gasteiger partial charge in [-0.25, -0.2) is 22.6 Å². The number of hydrogen-bond donors (Lipinski definition) is 1. The lowest BCUT2D eigenvalue weighted by Crippen LogP contribution is -2.39. The molecule has 0 atom stereocenters. The highest BCUT2D eigenvalue weighted by Gasteiger charge is 2.42. The molecule has 1 aromatic heterocycles. The molecule has 10 heteroatoms. The van der Waals surface area contributed by atoms with E-state index in [0.29, 0.717) is 30.9 Å². The molecule has 2 amide bonds. The molecule has 7 nitrogen and oxygen atoms in total. The van der Waals surface area contributed by atoms with Crippen LogP contribution >= 0.6 is 0 Å². The highest BCUT2D eigenvalue weighted by molar-refractivity contribution is 5.89. The smallest absolute Gasteiger partial charge is 0.320 e. The van der Waals surface area contributed by atoms with E-state index in [0.717, 1.165) is 51.8 Å². The van der Waals surface area contributed by atoms with E-state index in [9.17, 15) is 18.0 Å². The number of amides is 2. The van der Waals surface area contributed by atoms with Gasteiger partial charge in [-0.15, -0.1) is 5.10 Å². The van der Waals surface area contributed by atoms with Gasteiger partial charge in [0.05, 0.1) is 0 Å². The Hall–Kier alpha value is -6.55. The zero-order chi connectivity index (χ0) is 38.2. The molecule has 0 unspecified atom stereocenters. The number of anilines is 1. The first-order chi connectivity index (χ1) is 26.9. The van der Waals surface area contributed by atoms with E-state index in [1.54, 1.807) is 0 Å². The summed E-state index contributed by atoms with van der Waals surface area (Å²) in [5, 5.41) is 16.0. The van der Waals surface area contributed by atoms with Crippen LogP contribution in [0, 0.1) is 17.5 Å². The quantitative estimate of drug-likeness (QED) is 0.0945. The predicted molar refractivity (Wildman–Crippen MR) is 209 cm³/mol. The second kappa shape index (κ2) is 16.6. The Morgan fingerprint density at radius 2 is 1.22 bits per heavy atom. The molecule has 0 spiro atoms. The van der Waals surface area contributed by atoms with Crippen LogP contribution in [0.25, 0.3) is 22.5 Å². The summed E-state index contributed by atoms with van der Waals surface area (Å²) in [6.07, 6.45) is 2.50. The molecule has 7 rings (SSSR count). The Morgan fingerprint density at radius 3 is 1.76 bits per heavy atom. The molecule has 0 fully saturated rings. The van der Waals surface area contributed by atoms with Crippen molar-refractivity contribution in [2.45, 2.75) is 38.3 Å². The highest BCUT2D eigenvalue weighted by Crippen LogP contribution is 2.43. The van der Waals surface area contributed by atoms with Gasteiger partial charge in [-0.2, -0.15) is 0 Å². The second-order valence-corrected chi connectivity index (χ2v) is 13.3. The average Bonchev–Trinajstić information content (AvgIpc) is 3.71. The van der Waals surface area contributed by atoms with Crippen LogP contribution in [0.2, 0.25) is 0 Å². The van der Waals surface area contributed by atoms with Gasteiger partial charge in [0.1, 0.15) is 17.0 Å². The molecule has 0 saturated heterocycles. The van der Waals surface area contributed by atoms with Crippen LogP contribution in [0.1, 0.15) is 48.4 Å². The molecule has 0 aliphatic rings. The van der Waals surface area contributed by atoms with Crippen molar-refractivity contribution in [3.8, 4) is 22.5 Å². The Balaban J connectivity index is 1.25. The van der Waals surface area contributed by atoms with Crippen molar-refractivity contribution in [1.82, 2.24) is 25.1 Å². The SMILES string of the molecule is CCCCCN(Cc1ccc(-c2ccccc2-c2nnnn2C(c2ccccc2)(c2ccccc2)c2ccccc2)cc1)C(=O)Nc1c(F)cc(F)cc1F. The van der Waals surface area contributed by atoms with Crippen LogP contribution < -0.4 is 5.32 Å². The first kappa shape index (κ1) is 36.8. The lowest BCUT2D eigenvalue weighted by Gasteiger charge is -2.36. The molecule has 0 aliphatic carbocycles. The van der Waals surface area contributed by atoms with E-state index >= 15 is 0 Å². The topological polar surface area (TPSA) is 75.9 Å². The second-order valence-electron chi connectivity index (χ2n) is 13.3. The molecular weight excluding hydrogens is 698 g/mol. The van der Waals surface area contributed by atoms with Crippen molar-refractivity contribution in [3.63, 3.8) is 0 Å². The Bertz CT molecular complexity index is 2230. The van der Waals surface area contributed by atoms with Gasteiger partial charge in [0, 0.05) is 30.8 Å². The number of tetrazole rings is 1. The minimum atomic E-state index is -1.18. The van der Waals surface area contributed by atoms with Gasteiger partial charge in [0.15, 0.2) is 17.5 Å². The van der Waals surface area contributed by atoms with Crippen LogP contribution in [-0.2, 0) is 12.1 Å². The fourth-order valence-corrected chi connectivity index (χ4v) is 7.08. The molecule has 276 valence electrons. The molecule has 55 heavy (non-hydrogen) atoms. The van der Waals surface area contributed by atoms with E-state index in [1.807, 2.05) is 115 Å². The predicted octanol–water partition coefficient (Wildman–Crippen LogP) is 10.5. The van der Waals surface area contributed by atoms with Gasteiger partial charge >= 0.3 is 6.03 Å². The zero-order valence-corrected chi connectivity index (χ0v) is 30.2. The first-order valence-corrected chi connectivity index (χ1v) is 18.2. The van der Waals surface area contributed by atoms with Crippen molar-refractivity contribution in [1.29, 1.82) is 0 Å². The number of halogens is 3. The molecule has 1 N–H and O–H groups in total. The monoisotopic (exact) mass is 736 g/mol. The van der Waals surface area contributed by atoms with E-state index in [1.165, 1.54) is 4.90 Å². The van der Waals surface area contributed by atoms with Crippen LogP contribution in [0.5, 0.6) is 0 Å². The standard InChI is InChI=1S/C45H39F3N6O/c1-2-3-15-28-53(44(55)49-42-40(47)29-37(46)30-41(42)48)31-32-24-26-33(27-25-32)38-22-13-14-23-39(38)43-50-51-52-54(43)45(34-16-7-4-8-17-34,35-18-9-5-10-19-35)36-20-11-6-12-21-36/h4-14,16-27,29-30H,2-3,15,28,31H2,1H3,(H,49,55). The zero-order valence-electron chi connectivity index (χ0n) is 30.2. The fraction of sp³-hybridized carbons (Fsp3) is 0.156. The maximum atomic E-state index is 14.4. The van der Waals surface area contributed by atoms with Crippen molar-refractivity contribution < 1.29 is 18.0 Å². The summed E-state index contributed by atoms with van der Waals surface area (Å²) in [5.74, 6) is -2.85. The molecule has 0 bridgehead atoms. The van der Waals surface area contributed by atoms with Gasteiger partial charge < -0.3 is 10.2 Å². The van der Waals surface area contributed by atoms with Gasteiger partial charge in [0.2, 0.25) is 0 Å². The molecule has 0 radical (unpaired) electrons. The van der Waals surface area contributed by atoms with Crippen LogP contribution in [0.3, 0.4) is 0 Å². The van der Waals surface area contributed by atoms with Crippen molar-refractivity contribution in [2.75, 3.05) is 11.9 Å². The summed E-state index contributed by atoms with van der Waals surface area (Å²) < 4.78 is 44.3. The minimum absolute atomic E-state index is 0.188. The summed E-state index contributed by atoms with van der Waals surface area (Å²) in [4.78, 5) is 14.9. The normalized spacial score (nSPS) is 11.3. The summed E-state index contributed by atoms with van der Waals surface area (Å²) in [6, 6.07) is 46.8. The number of benzene rings is 6. The number of nitrogens with one attached hydrogen (secondary N) is 1. The number of hydrogen-bond acceptors (Lipinski definition) is 4.